The number of hydrogen-bond acceptors (Lipinski definition) is 3. The first kappa shape index (κ1) is 22.6. The van der Waals surface area contributed by atoms with Crippen molar-refractivity contribution in [1.82, 2.24) is 5.32 Å². The van der Waals surface area contributed by atoms with Gasteiger partial charge in [-0.25, -0.2) is 4.39 Å². The summed E-state index contributed by atoms with van der Waals surface area (Å²) in [6, 6.07) is 11.0. The summed E-state index contributed by atoms with van der Waals surface area (Å²) in [6.07, 6.45) is 1.02. The van der Waals surface area contributed by atoms with Gasteiger partial charge in [-0.15, -0.1) is 0 Å². The minimum atomic E-state index is -0.689. The Hall–Kier alpha value is -2.63. The summed E-state index contributed by atoms with van der Waals surface area (Å²) in [5.74, 6) is -1.77. The maximum absolute atomic E-state index is 14.2. The zero-order valence-corrected chi connectivity index (χ0v) is 19.5. The lowest BCUT2D eigenvalue weighted by atomic mass is 9.68. The molecule has 7 heteroatoms. The summed E-state index contributed by atoms with van der Waals surface area (Å²) in [6.45, 7) is 5.86. The minimum Gasteiger partial charge on any atom is -0.362 e. The van der Waals surface area contributed by atoms with Crippen LogP contribution in [0, 0.1) is 11.2 Å². The zero-order chi connectivity index (χ0) is 23.2. The molecule has 166 valence electrons. The number of carbonyl (C=O) groups is 2. The normalized spacial score (nSPS) is 20.1. The predicted molar refractivity (Wildman–Crippen MR) is 125 cm³/mol. The third kappa shape index (κ3) is 4.19. The molecule has 4 rings (SSSR count). The Bertz CT molecular complexity index is 1200. The molecule has 1 aliphatic heterocycles. The van der Waals surface area contributed by atoms with E-state index in [1.165, 1.54) is 12.1 Å². The monoisotopic (exact) mass is 472 g/mol. The third-order valence-electron chi connectivity index (χ3n) is 5.88. The number of allylic oxidation sites excluding steroid dienone is 3. The number of benzene rings is 2. The van der Waals surface area contributed by atoms with Crippen LogP contribution in [0.15, 0.2) is 65.0 Å². The molecule has 2 aromatic carbocycles. The van der Waals surface area contributed by atoms with E-state index in [0.717, 1.165) is 5.70 Å². The van der Waals surface area contributed by atoms with E-state index in [9.17, 15) is 14.0 Å². The summed E-state index contributed by atoms with van der Waals surface area (Å²) in [4.78, 5) is 26.7. The van der Waals surface area contributed by atoms with Gasteiger partial charge in [-0.3, -0.25) is 9.59 Å². The highest BCUT2D eigenvalue weighted by atomic mass is 35.5. The Kier molecular flexibility index (Phi) is 5.91. The number of hydrogen-bond donors (Lipinski definition) is 2. The van der Waals surface area contributed by atoms with Gasteiger partial charge < -0.3 is 10.6 Å². The smallest absolute Gasteiger partial charge is 0.254 e. The van der Waals surface area contributed by atoms with Crippen LogP contribution in [0.1, 0.15) is 45.1 Å². The van der Waals surface area contributed by atoms with Crippen LogP contribution in [0.25, 0.3) is 0 Å². The van der Waals surface area contributed by atoms with E-state index in [4.69, 9.17) is 23.2 Å². The van der Waals surface area contributed by atoms with Gasteiger partial charge in [-0.1, -0.05) is 55.2 Å². The lowest BCUT2D eigenvalue weighted by Crippen LogP contribution is -2.39. The first-order chi connectivity index (χ1) is 15.1. The highest BCUT2D eigenvalue weighted by molar-refractivity contribution is 6.35. The largest absolute Gasteiger partial charge is 0.362 e. The number of halogens is 3. The van der Waals surface area contributed by atoms with Crippen molar-refractivity contribution in [3.63, 3.8) is 0 Å². The second kappa shape index (κ2) is 8.38. The van der Waals surface area contributed by atoms with Crippen LogP contribution in [0.2, 0.25) is 10.0 Å². The predicted octanol–water partition coefficient (Wildman–Crippen LogP) is 6.38. The highest BCUT2D eigenvalue weighted by Crippen LogP contribution is 2.48. The molecule has 0 bridgehead atoms. The number of amides is 1. The van der Waals surface area contributed by atoms with E-state index in [-0.39, 0.29) is 16.9 Å². The average molecular weight is 473 g/mol. The summed E-state index contributed by atoms with van der Waals surface area (Å²) < 4.78 is 14.2. The molecule has 2 N–H and O–H groups in total. The molecule has 0 spiro atoms. The van der Waals surface area contributed by atoms with E-state index in [1.807, 2.05) is 13.8 Å². The van der Waals surface area contributed by atoms with Gasteiger partial charge in [0.05, 0.1) is 5.69 Å². The fraction of sp³-hybridized carbons (Fsp3) is 0.280. The SMILES string of the molecule is CC1=C(C(=O)Nc2ccccc2F)C(c2ccc(Cl)cc2Cl)C2=C(CC(C)(C)CC2=O)N1. The van der Waals surface area contributed by atoms with Gasteiger partial charge in [0, 0.05) is 44.9 Å². The molecule has 1 unspecified atom stereocenters. The number of rotatable bonds is 3. The van der Waals surface area contributed by atoms with E-state index in [2.05, 4.69) is 10.6 Å². The molecule has 2 aromatic rings. The molecule has 2 aliphatic rings. The van der Waals surface area contributed by atoms with Crippen molar-refractivity contribution in [3.05, 3.63) is 86.4 Å². The van der Waals surface area contributed by atoms with Gasteiger partial charge in [0.25, 0.3) is 5.91 Å². The summed E-state index contributed by atoms with van der Waals surface area (Å²) >= 11 is 12.7. The molecule has 0 fully saturated rings. The second-order valence-corrected chi connectivity index (χ2v) is 9.87. The zero-order valence-electron chi connectivity index (χ0n) is 18.0. The van der Waals surface area contributed by atoms with Crippen LogP contribution in [0.4, 0.5) is 10.1 Å². The third-order valence-corrected chi connectivity index (χ3v) is 6.44. The van der Waals surface area contributed by atoms with Gasteiger partial charge in [0.1, 0.15) is 5.82 Å². The lowest BCUT2D eigenvalue weighted by Gasteiger charge is -2.39. The Morgan fingerprint density at radius 2 is 1.88 bits per heavy atom. The molecule has 1 amide bonds. The van der Waals surface area contributed by atoms with E-state index in [0.29, 0.717) is 45.3 Å². The van der Waals surface area contributed by atoms with Crippen LogP contribution in [-0.2, 0) is 9.59 Å². The molecule has 32 heavy (non-hydrogen) atoms. The van der Waals surface area contributed by atoms with Crippen LogP contribution in [0.3, 0.4) is 0 Å². The Labute approximate surface area is 196 Å². The Balaban J connectivity index is 1.85. The average Bonchev–Trinajstić information content (AvgIpc) is 2.67. The number of para-hydroxylation sites is 1. The highest BCUT2D eigenvalue weighted by Gasteiger charge is 2.43. The standard InChI is InChI=1S/C25H23Cl2FN2O2/c1-13-21(24(32)30-18-7-5-4-6-17(18)28)22(15-9-8-14(26)10-16(15)27)23-19(29-13)11-25(2,3)12-20(23)31/h4-10,22,29H,11-12H2,1-3H3,(H,30,32). The number of anilines is 1. The van der Waals surface area contributed by atoms with Gasteiger partial charge in [-0.05, 0) is 48.6 Å². The minimum absolute atomic E-state index is 0.0385. The molecule has 1 heterocycles. The molecule has 0 radical (unpaired) electrons. The number of nitrogens with one attached hydrogen (secondary N) is 2. The first-order valence-electron chi connectivity index (χ1n) is 10.3. The molecule has 1 atom stereocenters. The fourth-order valence-corrected chi connectivity index (χ4v) is 5.05. The van der Waals surface area contributed by atoms with Crippen molar-refractivity contribution in [2.45, 2.75) is 39.5 Å². The van der Waals surface area contributed by atoms with Gasteiger partial charge in [-0.2, -0.15) is 0 Å². The van der Waals surface area contributed by atoms with Crippen LogP contribution >= 0.6 is 23.2 Å². The van der Waals surface area contributed by atoms with Crippen molar-refractivity contribution >= 4 is 40.6 Å². The topological polar surface area (TPSA) is 58.2 Å². The fourth-order valence-electron chi connectivity index (χ4n) is 4.54. The van der Waals surface area contributed by atoms with Crippen LogP contribution in [-0.4, -0.2) is 11.7 Å². The van der Waals surface area contributed by atoms with Crippen molar-refractivity contribution in [2.75, 3.05) is 5.32 Å². The molecular weight excluding hydrogens is 450 g/mol. The molecule has 0 aromatic heterocycles. The van der Waals surface area contributed by atoms with E-state index in [1.54, 1.807) is 37.3 Å². The quantitative estimate of drug-likeness (QED) is 0.544. The lowest BCUT2D eigenvalue weighted by molar-refractivity contribution is -0.118. The number of Topliss-reactive ketones (excluding diaryl/α,β-unsaturated/α-hetero) is 1. The van der Waals surface area contributed by atoms with Crippen molar-refractivity contribution in [2.24, 2.45) is 5.41 Å². The van der Waals surface area contributed by atoms with Crippen molar-refractivity contribution in [1.29, 1.82) is 0 Å². The van der Waals surface area contributed by atoms with Gasteiger partial charge in [0.15, 0.2) is 5.78 Å². The van der Waals surface area contributed by atoms with Crippen molar-refractivity contribution in [3.8, 4) is 0 Å². The van der Waals surface area contributed by atoms with Gasteiger partial charge >= 0.3 is 0 Å². The summed E-state index contributed by atoms with van der Waals surface area (Å²) in [5, 5.41) is 6.75. The van der Waals surface area contributed by atoms with Crippen molar-refractivity contribution < 1.29 is 14.0 Å². The molecule has 4 nitrogen and oxygen atoms in total. The number of carbonyl (C=O) groups excluding carboxylic acids is 2. The first-order valence-corrected chi connectivity index (χ1v) is 11.1. The number of dihydropyridines is 1. The van der Waals surface area contributed by atoms with Crippen LogP contribution in [0.5, 0.6) is 0 Å². The van der Waals surface area contributed by atoms with E-state index >= 15 is 0 Å². The Morgan fingerprint density at radius 3 is 2.56 bits per heavy atom. The maximum Gasteiger partial charge on any atom is 0.254 e. The Morgan fingerprint density at radius 1 is 1.16 bits per heavy atom. The van der Waals surface area contributed by atoms with Crippen LogP contribution < -0.4 is 10.6 Å². The molecule has 0 saturated heterocycles. The summed E-state index contributed by atoms with van der Waals surface area (Å²) in [5.41, 5.74) is 2.71. The molecular formula is C25H23Cl2FN2O2. The van der Waals surface area contributed by atoms with Gasteiger partial charge in [0.2, 0.25) is 0 Å². The molecule has 0 saturated carbocycles. The number of ketones is 1. The maximum atomic E-state index is 14.2. The summed E-state index contributed by atoms with van der Waals surface area (Å²) in [7, 11) is 0. The second-order valence-electron chi connectivity index (χ2n) is 9.03. The van der Waals surface area contributed by atoms with E-state index < -0.39 is 17.6 Å². The molecule has 1 aliphatic carbocycles.